The number of carbonyl (C=O) groups is 2. The molecular weight excluding hydrogens is 388 g/mol. The summed E-state index contributed by atoms with van der Waals surface area (Å²) < 4.78 is 0. The highest BCUT2D eigenvalue weighted by atomic mass is 16.2. The average molecular weight is 427 g/mol. The van der Waals surface area contributed by atoms with Crippen molar-refractivity contribution in [3.63, 3.8) is 0 Å². The van der Waals surface area contributed by atoms with Crippen LogP contribution >= 0.6 is 0 Å². The monoisotopic (exact) mass is 426 g/mol. The van der Waals surface area contributed by atoms with Crippen molar-refractivity contribution in [3.05, 3.63) is 35.4 Å². The molecule has 0 spiro atoms. The molecule has 1 aromatic carbocycles. The molecule has 3 aliphatic rings. The number of likely N-dealkylation sites (N-methyl/N-ethyl adjacent to an activating group) is 1. The molecule has 6 heteroatoms. The summed E-state index contributed by atoms with van der Waals surface area (Å²) in [7, 11) is 1.77. The van der Waals surface area contributed by atoms with E-state index in [-0.39, 0.29) is 23.9 Å². The van der Waals surface area contributed by atoms with Gasteiger partial charge in [0.25, 0.3) is 0 Å². The van der Waals surface area contributed by atoms with Crippen LogP contribution in [0.25, 0.3) is 0 Å². The highest BCUT2D eigenvalue weighted by Gasteiger charge is 2.48. The van der Waals surface area contributed by atoms with Gasteiger partial charge in [-0.2, -0.15) is 0 Å². The summed E-state index contributed by atoms with van der Waals surface area (Å²) in [6.07, 6.45) is 6.18. The van der Waals surface area contributed by atoms with Crippen LogP contribution in [0.3, 0.4) is 0 Å². The van der Waals surface area contributed by atoms with Gasteiger partial charge in [0.05, 0.1) is 6.04 Å². The van der Waals surface area contributed by atoms with E-state index in [1.54, 1.807) is 7.05 Å². The van der Waals surface area contributed by atoms with Crippen LogP contribution < -0.4 is 10.6 Å². The van der Waals surface area contributed by atoms with Crippen molar-refractivity contribution in [2.45, 2.75) is 76.5 Å². The molecule has 3 aliphatic heterocycles. The van der Waals surface area contributed by atoms with Gasteiger partial charge in [-0.1, -0.05) is 29.8 Å². The van der Waals surface area contributed by atoms with Crippen molar-refractivity contribution >= 4 is 11.8 Å². The summed E-state index contributed by atoms with van der Waals surface area (Å²) in [5.74, 6) is 0.667. The number of benzene rings is 1. The van der Waals surface area contributed by atoms with Gasteiger partial charge in [0.2, 0.25) is 11.8 Å². The smallest absolute Gasteiger partial charge is 0.245 e. The first kappa shape index (κ1) is 22.3. The van der Waals surface area contributed by atoms with Crippen molar-refractivity contribution in [1.82, 2.24) is 20.4 Å². The quantitative estimate of drug-likeness (QED) is 0.731. The van der Waals surface area contributed by atoms with Crippen LogP contribution in [0.2, 0.25) is 0 Å². The van der Waals surface area contributed by atoms with E-state index >= 15 is 0 Å². The first-order valence-corrected chi connectivity index (χ1v) is 12.0. The summed E-state index contributed by atoms with van der Waals surface area (Å²) in [4.78, 5) is 30.7. The van der Waals surface area contributed by atoms with Crippen LogP contribution in [0.5, 0.6) is 0 Å². The molecule has 5 unspecified atom stereocenters. The lowest BCUT2D eigenvalue weighted by Gasteiger charge is -2.40. The zero-order chi connectivity index (χ0) is 22.0. The summed E-state index contributed by atoms with van der Waals surface area (Å²) in [6.45, 7) is 7.09. The molecule has 3 heterocycles. The minimum Gasteiger partial charge on any atom is -0.343 e. The van der Waals surface area contributed by atoms with Crippen molar-refractivity contribution in [2.24, 2.45) is 5.92 Å². The molecule has 0 saturated carbocycles. The minimum atomic E-state index is -0.380. The van der Waals surface area contributed by atoms with Crippen molar-refractivity contribution in [1.29, 1.82) is 0 Å². The lowest BCUT2D eigenvalue weighted by molar-refractivity contribution is -0.139. The Labute approximate surface area is 186 Å². The maximum Gasteiger partial charge on any atom is 0.245 e. The molecule has 170 valence electrons. The van der Waals surface area contributed by atoms with Gasteiger partial charge >= 0.3 is 0 Å². The number of hydrogen-bond acceptors (Lipinski definition) is 4. The van der Waals surface area contributed by atoms with Gasteiger partial charge in [-0.05, 0) is 77.4 Å². The number of rotatable bonds is 6. The molecule has 0 aromatic heterocycles. The van der Waals surface area contributed by atoms with Crippen LogP contribution in [0.15, 0.2) is 24.3 Å². The number of carbonyl (C=O) groups excluding carboxylic acids is 2. The van der Waals surface area contributed by atoms with Crippen molar-refractivity contribution < 1.29 is 9.59 Å². The van der Waals surface area contributed by atoms with Gasteiger partial charge in [0.1, 0.15) is 6.04 Å². The zero-order valence-corrected chi connectivity index (χ0v) is 19.3. The van der Waals surface area contributed by atoms with E-state index in [0.29, 0.717) is 18.0 Å². The first-order chi connectivity index (χ1) is 15.0. The SMILES string of the molecule is CNC(C)C(=O)NC1CCCC2CC3CCN(CCc4ccc(C)cc4)CC3N2C1=O. The van der Waals surface area contributed by atoms with E-state index in [2.05, 4.69) is 51.6 Å². The standard InChI is InChI=1S/C25H38N4O2/c1-17-7-9-19(10-8-17)11-13-28-14-12-20-15-21-5-4-6-22(27-24(30)18(2)26-3)25(31)29(21)23(20)16-28/h7-10,18,20-23,26H,4-6,11-16H2,1-3H3,(H,27,30). The maximum absolute atomic E-state index is 13.5. The second kappa shape index (κ2) is 9.70. The Morgan fingerprint density at radius 2 is 1.97 bits per heavy atom. The number of nitrogens with one attached hydrogen (secondary N) is 2. The molecule has 0 aliphatic carbocycles. The molecule has 2 N–H and O–H groups in total. The predicted molar refractivity (Wildman–Crippen MR) is 123 cm³/mol. The number of aryl methyl sites for hydroxylation is 1. The number of nitrogens with zero attached hydrogens (tertiary/aromatic N) is 2. The van der Waals surface area contributed by atoms with Crippen molar-refractivity contribution in [3.8, 4) is 0 Å². The molecule has 2 amide bonds. The Hall–Kier alpha value is -1.92. The Balaban J connectivity index is 1.40. The number of likely N-dealkylation sites (tertiary alicyclic amines) is 1. The Morgan fingerprint density at radius 1 is 1.19 bits per heavy atom. The molecular formula is C25H38N4O2. The molecule has 3 fully saturated rings. The fourth-order valence-electron chi connectivity index (χ4n) is 5.64. The van der Waals surface area contributed by atoms with E-state index in [4.69, 9.17) is 0 Å². The fraction of sp³-hybridized carbons (Fsp3) is 0.680. The molecule has 31 heavy (non-hydrogen) atoms. The molecule has 0 radical (unpaired) electrons. The van der Waals surface area contributed by atoms with Gasteiger partial charge in [-0.25, -0.2) is 0 Å². The second-order valence-corrected chi connectivity index (χ2v) is 9.79. The Bertz CT molecular complexity index is 780. The molecule has 1 aromatic rings. The van der Waals surface area contributed by atoms with E-state index in [9.17, 15) is 9.59 Å². The first-order valence-electron chi connectivity index (χ1n) is 12.0. The lowest BCUT2D eigenvalue weighted by Crippen LogP contribution is -2.57. The number of hydrogen-bond donors (Lipinski definition) is 2. The largest absolute Gasteiger partial charge is 0.343 e. The normalized spacial score (nSPS) is 29.8. The molecule has 3 saturated heterocycles. The molecule has 4 rings (SSSR count). The van der Waals surface area contributed by atoms with E-state index < -0.39 is 0 Å². The summed E-state index contributed by atoms with van der Waals surface area (Å²) in [6, 6.07) is 8.80. The van der Waals surface area contributed by atoms with Gasteiger partial charge in [-0.15, -0.1) is 0 Å². The lowest BCUT2D eigenvalue weighted by atomic mass is 9.90. The Kier molecular flexibility index (Phi) is 6.97. The van der Waals surface area contributed by atoms with Gasteiger partial charge in [0, 0.05) is 25.2 Å². The van der Waals surface area contributed by atoms with Crippen LogP contribution in [-0.4, -0.2) is 72.5 Å². The van der Waals surface area contributed by atoms with Gasteiger partial charge < -0.3 is 20.4 Å². The number of piperidine rings is 1. The minimum absolute atomic E-state index is 0.0848. The highest BCUT2D eigenvalue weighted by Crippen LogP contribution is 2.39. The summed E-state index contributed by atoms with van der Waals surface area (Å²) >= 11 is 0. The number of amides is 2. The molecule has 5 atom stereocenters. The average Bonchev–Trinajstić information content (AvgIpc) is 3.06. The second-order valence-electron chi connectivity index (χ2n) is 9.79. The van der Waals surface area contributed by atoms with E-state index in [1.807, 2.05) is 6.92 Å². The van der Waals surface area contributed by atoms with Crippen molar-refractivity contribution in [2.75, 3.05) is 26.7 Å². The third-order valence-electron chi connectivity index (χ3n) is 7.69. The van der Waals surface area contributed by atoms with E-state index in [1.165, 1.54) is 17.5 Å². The van der Waals surface area contributed by atoms with Crippen LogP contribution in [0, 0.1) is 12.8 Å². The van der Waals surface area contributed by atoms with Crippen LogP contribution in [0.4, 0.5) is 0 Å². The zero-order valence-electron chi connectivity index (χ0n) is 19.3. The fourth-order valence-corrected chi connectivity index (χ4v) is 5.64. The maximum atomic E-state index is 13.5. The number of fused-ring (bicyclic) bond motifs is 3. The summed E-state index contributed by atoms with van der Waals surface area (Å²) in [5, 5.41) is 5.99. The molecule has 0 bridgehead atoms. The van der Waals surface area contributed by atoms with Gasteiger partial charge in [0.15, 0.2) is 0 Å². The topological polar surface area (TPSA) is 64.7 Å². The summed E-state index contributed by atoms with van der Waals surface area (Å²) in [5.41, 5.74) is 2.68. The van der Waals surface area contributed by atoms with Gasteiger partial charge in [-0.3, -0.25) is 9.59 Å². The Morgan fingerprint density at radius 3 is 2.71 bits per heavy atom. The third kappa shape index (κ3) is 4.96. The van der Waals surface area contributed by atoms with E-state index in [0.717, 1.165) is 51.7 Å². The van der Waals surface area contributed by atoms with Crippen LogP contribution in [0.1, 0.15) is 50.2 Å². The van der Waals surface area contributed by atoms with Crippen LogP contribution in [-0.2, 0) is 16.0 Å². The molecule has 6 nitrogen and oxygen atoms in total. The third-order valence-corrected chi connectivity index (χ3v) is 7.69. The predicted octanol–water partition coefficient (Wildman–Crippen LogP) is 2.11. The highest BCUT2D eigenvalue weighted by molar-refractivity contribution is 5.90.